The molecule has 0 N–H and O–H groups in total. The van der Waals surface area contributed by atoms with Crippen LogP contribution in [-0.2, 0) is 5.57 Å². The molecule has 0 saturated carbocycles. The zero-order valence-electron chi connectivity index (χ0n) is 8.98. The summed E-state index contributed by atoms with van der Waals surface area (Å²) in [5, 5.41) is 0. The highest BCUT2D eigenvalue weighted by atomic mass is 19.2. The Balaban J connectivity index is 2.55. The lowest BCUT2D eigenvalue weighted by molar-refractivity contribution is 0.292. The second-order valence-electron chi connectivity index (χ2n) is 3.74. The third kappa shape index (κ3) is 2.07. The Morgan fingerprint density at radius 1 is 0.706 bits per heavy atom. The number of alkyl halides is 1. The van der Waals surface area contributed by atoms with Gasteiger partial charge in [-0.25, -0.2) is 4.39 Å². The van der Waals surface area contributed by atoms with Gasteiger partial charge in [-0.2, -0.15) is 0 Å². The molecule has 0 aliphatic carbocycles. The number of hydrogen-bond donors (Lipinski definition) is 0. The van der Waals surface area contributed by atoms with Crippen LogP contribution in [0.5, 0.6) is 0 Å². The van der Waals surface area contributed by atoms with Crippen LogP contribution in [0.15, 0.2) is 60.7 Å². The quantitative estimate of drug-likeness (QED) is 0.707. The summed E-state index contributed by atoms with van der Waals surface area (Å²) in [5.41, 5.74) is -2.80. The highest BCUT2D eigenvalue weighted by molar-refractivity contribution is 6.47. The summed E-state index contributed by atoms with van der Waals surface area (Å²) in [7, 11) is -3.10. The lowest BCUT2D eigenvalue weighted by atomic mass is 9.66. The van der Waals surface area contributed by atoms with Gasteiger partial charge in [0.1, 0.15) is 0 Å². The third-order valence-electron chi connectivity index (χ3n) is 2.69. The van der Waals surface area contributed by atoms with Gasteiger partial charge in [0.25, 0.3) is 0 Å². The van der Waals surface area contributed by atoms with Crippen LogP contribution in [0.25, 0.3) is 0 Å². The highest BCUT2D eigenvalue weighted by Gasteiger charge is 2.49. The molecule has 0 nitrogen and oxygen atoms in total. The van der Waals surface area contributed by atoms with Crippen LogP contribution in [0.2, 0.25) is 0 Å². The summed E-state index contributed by atoms with van der Waals surface area (Å²) in [6, 6.07) is 15.0. The first-order valence-electron chi connectivity index (χ1n) is 5.24. The molecule has 4 heteroatoms. The van der Waals surface area contributed by atoms with Crippen molar-refractivity contribution >= 4 is 7.27 Å². The van der Waals surface area contributed by atoms with Crippen LogP contribution in [0.4, 0.5) is 13.0 Å². The molecule has 0 radical (unpaired) electrons. The predicted molar refractivity (Wildman–Crippen MR) is 62.7 cm³/mol. The fraction of sp³-hybridized carbons (Fsp3) is 0.0769. The van der Waals surface area contributed by atoms with Crippen molar-refractivity contribution in [1.82, 2.24) is 0 Å². The monoisotopic (exact) mass is 234 g/mol. The molecule has 0 fully saturated rings. The Hall–Kier alpha value is -1.71. The van der Waals surface area contributed by atoms with E-state index in [4.69, 9.17) is 0 Å². The average Bonchev–Trinajstić information content (AvgIpc) is 2.39. The molecule has 86 valence electrons. The van der Waals surface area contributed by atoms with E-state index in [1.807, 2.05) is 0 Å². The normalized spacial score (nSPS) is 11.2. The van der Waals surface area contributed by atoms with Gasteiger partial charge in [0, 0.05) is 0 Å². The Morgan fingerprint density at radius 3 is 1.35 bits per heavy atom. The minimum atomic E-state index is -3.10. The summed E-state index contributed by atoms with van der Waals surface area (Å²) >= 11 is 0. The van der Waals surface area contributed by atoms with Gasteiger partial charge in [-0.15, -0.1) is 0 Å². The van der Waals surface area contributed by atoms with E-state index in [1.54, 1.807) is 36.4 Å². The standard InChI is InChI=1S/C13H10BF3/c15-13(14(16)17,11-7-3-1-4-8-11)12-9-5-2-6-10-12/h1-10H. The molecule has 2 aromatic rings. The average molecular weight is 234 g/mol. The van der Waals surface area contributed by atoms with Gasteiger partial charge in [0.05, 0.1) is 0 Å². The van der Waals surface area contributed by atoms with Crippen molar-refractivity contribution in [3.63, 3.8) is 0 Å². The van der Waals surface area contributed by atoms with Crippen LogP contribution in [0.1, 0.15) is 11.1 Å². The first-order chi connectivity index (χ1) is 8.15. The van der Waals surface area contributed by atoms with Crippen molar-refractivity contribution in [3.05, 3.63) is 71.8 Å². The Morgan fingerprint density at radius 2 is 1.06 bits per heavy atom. The maximum absolute atomic E-state index is 14.6. The molecule has 2 aromatic carbocycles. The van der Waals surface area contributed by atoms with Crippen molar-refractivity contribution in [2.45, 2.75) is 5.57 Å². The zero-order chi connectivity index (χ0) is 12.3. The lowest BCUT2D eigenvalue weighted by Gasteiger charge is -2.23. The molecule has 17 heavy (non-hydrogen) atoms. The summed E-state index contributed by atoms with van der Waals surface area (Å²) in [4.78, 5) is 0. The largest absolute Gasteiger partial charge is 0.583 e. The molecule has 0 bridgehead atoms. The smallest absolute Gasteiger partial charge is 0.282 e. The van der Waals surface area contributed by atoms with Gasteiger partial charge in [-0.1, -0.05) is 60.7 Å². The van der Waals surface area contributed by atoms with Crippen LogP contribution in [-0.4, -0.2) is 7.27 Å². The van der Waals surface area contributed by atoms with E-state index < -0.39 is 12.8 Å². The zero-order valence-corrected chi connectivity index (χ0v) is 8.98. The minimum Gasteiger partial charge on any atom is -0.282 e. The van der Waals surface area contributed by atoms with Gasteiger partial charge in [-0.3, -0.25) is 8.63 Å². The lowest BCUT2D eigenvalue weighted by Crippen LogP contribution is -2.34. The number of halogens is 3. The first-order valence-corrected chi connectivity index (χ1v) is 5.24. The topological polar surface area (TPSA) is 0 Å². The molecule has 2 rings (SSSR count). The van der Waals surface area contributed by atoms with Crippen molar-refractivity contribution in [2.75, 3.05) is 0 Å². The summed E-state index contributed by atoms with van der Waals surface area (Å²) in [6.07, 6.45) is 0. The molecule has 0 amide bonds. The molecule has 0 spiro atoms. The van der Waals surface area contributed by atoms with Gasteiger partial charge in [0.2, 0.25) is 5.57 Å². The second kappa shape index (κ2) is 4.66. The number of benzene rings is 2. The van der Waals surface area contributed by atoms with Crippen molar-refractivity contribution in [2.24, 2.45) is 0 Å². The molecular formula is C13H10BF3. The Bertz CT molecular complexity index is 431. The Labute approximate surface area is 98.3 Å². The van der Waals surface area contributed by atoms with Crippen LogP contribution in [0, 0.1) is 0 Å². The van der Waals surface area contributed by atoms with E-state index in [-0.39, 0.29) is 11.1 Å². The molecule has 0 aliphatic rings. The van der Waals surface area contributed by atoms with Gasteiger partial charge < -0.3 is 0 Å². The van der Waals surface area contributed by atoms with E-state index in [0.29, 0.717) is 0 Å². The van der Waals surface area contributed by atoms with E-state index in [9.17, 15) is 13.0 Å². The molecule has 0 saturated heterocycles. The molecule has 0 aliphatic heterocycles. The summed E-state index contributed by atoms with van der Waals surface area (Å²) in [6.45, 7) is 0. The van der Waals surface area contributed by atoms with Gasteiger partial charge in [-0.05, 0) is 11.1 Å². The van der Waals surface area contributed by atoms with E-state index in [2.05, 4.69) is 0 Å². The number of hydrogen-bond acceptors (Lipinski definition) is 0. The maximum atomic E-state index is 14.6. The molecule has 0 heterocycles. The van der Waals surface area contributed by atoms with E-state index in [1.165, 1.54) is 24.3 Å². The second-order valence-corrected chi connectivity index (χ2v) is 3.74. The predicted octanol–water partition coefficient (Wildman–Crippen LogP) is 3.87. The molecule has 0 unspecified atom stereocenters. The first kappa shape index (κ1) is 11.8. The molecule has 0 atom stereocenters. The van der Waals surface area contributed by atoms with Gasteiger partial charge >= 0.3 is 7.27 Å². The fourth-order valence-corrected chi connectivity index (χ4v) is 1.78. The Kier molecular flexibility index (Phi) is 3.22. The van der Waals surface area contributed by atoms with Crippen LogP contribution in [0.3, 0.4) is 0 Å². The highest BCUT2D eigenvalue weighted by Crippen LogP contribution is 2.37. The fourth-order valence-electron chi connectivity index (χ4n) is 1.78. The van der Waals surface area contributed by atoms with Crippen molar-refractivity contribution in [3.8, 4) is 0 Å². The van der Waals surface area contributed by atoms with Crippen LogP contribution < -0.4 is 0 Å². The summed E-state index contributed by atoms with van der Waals surface area (Å²) in [5.74, 6) is 0. The van der Waals surface area contributed by atoms with Crippen molar-refractivity contribution < 1.29 is 13.0 Å². The van der Waals surface area contributed by atoms with Gasteiger partial charge in [0.15, 0.2) is 0 Å². The molecular weight excluding hydrogens is 224 g/mol. The van der Waals surface area contributed by atoms with E-state index in [0.717, 1.165) is 0 Å². The SMILES string of the molecule is FB(F)C(F)(c1ccccc1)c1ccccc1. The number of rotatable bonds is 3. The molecule has 0 aromatic heterocycles. The van der Waals surface area contributed by atoms with Crippen LogP contribution >= 0.6 is 0 Å². The van der Waals surface area contributed by atoms with Crippen molar-refractivity contribution in [1.29, 1.82) is 0 Å². The maximum Gasteiger partial charge on any atom is 0.583 e. The third-order valence-corrected chi connectivity index (χ3v) is 2.69. The minimum absolute atomic E-state index is 0.0267. The van der Waals surface area contributed by atoms with E-state index >= 15 is 0 Å². The summed E-state index contributed by atoms with van der Waals surface area (Å²) < 4.78 is 40.8.